The van der Waals surface area contributed by atoms with E-state index in [4.69, 9.17) is 9.26 Å². The lowest BCUT2D eigenvalue weighted by Crippen LogP contribution is -2.49. The molecule has 166 valence electrons. The van der Waals surface area contributed by atoms with Crippen LogP contribution in [0.25, 0.3) is 11.1 Å². The number of para-hydroxylation sites is 1. The molecule has 0 unspecified atom stereocenters. The van der Waals surface area contributed by atoms with Gasteiger partial charge in [0.15, 0.2) is 5.82 Å². The molecule has 5 rings (SSSR count). The molecule has 0 aliphatic carbocycles. The van der Waals surface area contributed by atoms with Gasteiger partial charge in [-0.2, -0.15) is 4.98 Å². The zero-order valence-corrected chi connectivity index (χ0v) is 18.5. The van der Waals surface area contributed by atoms with Crippen molar-refractivity contribution in [3.63, 3.8) is 0 Å². The first-order valence-electron chi connectivity index (χ1n) is 11.1. The highest BCUT2D eigenvalue weighted by molar-refractivity contribution is 5.80. The van der Waals surface area contributed by atoms with E-state index in [9.17, 15) is 4.79 Å². The van der Waals surface area contributed by atoms with E-state index in [1.807, 2.05) is 59.5 Å². The molecule has 33 heavy (non-hydrogen) atoms. The van der Waals surface area contributed by atoms with E-state index < -0.39 is 0 Å². The summed E-state index contributed by atoms with van der Waals surface area (Å²) in [6.07, 6.45) is 0.937. The van der Waals surface area contributed by atoms with Crippen molar-refractivity contribution in [2.24, 2.45) is 0 Å². The van der Waals surface area contributed by atoms with Gasteiger partial charge in [-0.05, 0) is 22.8 Å². The number of hydrogen-bond donors (Lipinski definition) is 0. The fourth-order valence-corrected chi connectivity index (χ4v) is 4.09. The first kappa shape index (κ1) is 20.9. The van der Waals surface area contributed by atoms with Gasteiger partial charge in [0, 0.05) is 25.1 Å². The Morgan fingerprint density at radius 3 is 2.42 bits per heavy atom. The molecular weight excluding hydrogens is 414 g/mol. The highest BCUT2D eigenvalue weighted by Gasteiger charge is 2.35. The molecule has 0 bridgehead atoms. The quantitative estimate of drug-likeness (QED) is 0.424. The predicted octanol–water partition coefficient (Wildman–Crippen LogP) is 4.50. The third-order valence-corrected chi connectivity index (χ3v) is 6.02. The maximum absolute atomic E-state index is 12.7. The summed E-state index contributed by atoms with van der Waals surface area (Å²) in [5.41, 5.74) is 4.35. The summed E-state index contributed by atoms with van der Waals surface area (Å²) in [4.78, 5) is 19.1. The number of nitrogens with zero attached hydrogens (tertiary/aromatic N) is 3. The number of hydrogen-bond acceptors (Lipinski definition) is 5. The van der Waals surface area contributed by atoms with Crippen LogP contribution in [-0.2, 0) is 17.6 Å². The highest BCUT2D eigenvalue weighted by Crippen LogP contribution is 2.28. The van der Waals surface area contributed by atoms with Crippen LogP contribution in [0, 0.1) is 0 Å². The zero-order chi connectivity index (χ0) is 22.6. The van der Waals surface area contributed by atoms with Crippen molar-refractivity contribution in [3.8, 4) is 16.9 Å². The second-order valence-electron chi connectivity index (χ2n) is 8.27. The molecule has 0 N–H and O–H groups in total. The number of likely N-dealkylation sites (tertiary alicyclic amines) is 1. The van der Waals surface area contributed by atoms with E-state index in [2.05, 4.69) is 34.4 Å². The fourth-order valence-electron chi connectivity index (χ4n) is 4.09. The summed E-state index contributed by atoms with van der Waals surface area (Å²) >= 11 is 0. The molecule has 2 heterocycles. The van der Waals surface area contributed by atoms with E-state index in [1.165, 1.54) is 5.56 Å². The van der Waals surface area contributed by atoms with Gasteiger partial charge in [-0.1, -0.05) is 78.0 Å². The molecule has 4 aromatic rings. The molecule has 1 amide bonds. The van der Waals surface area contributed by atoms with Crippen molar-refractivity contribution in [1.82, 2.24) is 15.0 Å². The molecule has 0 radical (unpaired) electrons. The lowest BCUT2D eigenvalue weighted by molar-refractivity contribution is -0.135. The number of carbonyl (C=O) groups excluding carboxylic acids is 1. The Bertz CT molecular complexity index is 1230. The van der Waals surface area contributed by atoms with Gasteiger partial charge in [-0.25, -0.2) is 0 Å². The van der Waals surface area contributed by atoms with Gasteiger partial charge in [0.05, 0.1) is 19.4 Å². The number of rotatable bonds is 7. The Kier molecular flexibility index (Phi) is 5.89. The molecule has 6 heteroatoms. The maximum atomic E-state index is 12.7. The van der Waals surface area contributed by atoms with Gasteiger partial charge < -0.3 is 14.2 Å². The third kappa shape index (κ3) is 4.65. The molecular formula is C27H25N3O3. The first-order valence-corrected chi connectivity index (χ1v) is 11.1. The van der Waals surface area contributed by atoms with Crippen LogP contribution in [-0.4, -0.2) is 41.1 Å². The van der Waals surface area contributed by atoms with E-state index in [0.29, 0.717) is 37.6 Å². The average molecular weight is 440 g/mol. The van der Waals surface area contributed by atoms with Gasteiger partial charge in [-0.15, -0.1) is 0 Å². The third-order valence-electron chi connectivity index (χ3n) is 6.02. The number of methoxy groups -OCH3 is 1. The van der Waals surface area contributed by atoms with Gasteiger partial charge in [0.2, 0.25) is 11.8 Å². The van der Waals surface area contributed by atoms with Crippen LogP contribution in [0.5, 0.6) is 5.75 Å². The normalized spacial score (nSPS) is 13.5. The van der Waals surface area contributed by atoms with Gasteiger partial charge >= 0.3 is 0 Å². The van der Waals surface area contributed by atoms with Crippen molar-refractivity contribution in [3.05, 3.63) is 102 Å². The summed E-state index contributed by atoms with van der Waals surface area (Å²) in [6, 6.07) is 26.2. The Hall–Kier alpha value is -3.93. The van der Waals surface area contributed by atoms with Gasteiger partial charge in [-0.3, -0.25) is 4.79 Å². The van der Waals surface area contributed by atoms with Crippen LogP contribution in [0.15, 0.2) is 83.4 Å². The molecule has 0 spiro atoms. The molecule has 3 aromatic carbocycles. The standard InChI is InChI=1S/C27H25N3O3/c1-32-24-10-6-5-9-22(24)16-25-28-27(33-29-25)23-17-30(18-23)26(31)15-19-11-13-21(14-12-19)20-7-3-2-4-8-20/h2-14,23H,15-18H2,1H3. The molecule has 1 aliphatic rings. The molecule has 6 nitrogen and oxygen atoms in total. The van der Waals surface area contributed by atoms with E-state index in [-0.39, 0.29) is 11.8 Å². The number of amides is 1. The summed E-state index contributed by atoms with van der Waals surface area (Å²) in [5, 5.41) is 4.12. The van der Waals surface area contributed by atoms with Crippen molar-refractivity contribution in [2.45, 2.75) is 18.8 Å². The SMILES string of the molecule is COc1ccccc1Cc1noc(C2CN(C(=O)Cc3ccc(-c4ccccc4)cc3)C2)n1. The second kappa shape index (κ2) is 9.28. The summed E-state index contributed by atoms with van der Waals surface area (Å²) < 4.78 is 10.9. The van der Waals surface area contributed by atoms with Crippen molar-refractivity contribution >= 4 is 5.91 Å². The number of ether oxygens (including phenoxy) is 1. The molecule has 1 aliphatic heterocycles. The van der Waals surface area contributed by atoms with Crippen LogP contribution in [0.1, 0.15) is 28.8 Å². The number of aromatic nitrogens is 2. The zero-order valence-electron chi connectivity index (χ0n) is 18.5. The second-order valence-corrected chi connectivity index (χ2v) is 8.27. The average Bonchev–Trinajstić information content (AvgIpc) is 3.27. The first-order chi connectivity index (χ1) is 16.2. The minimum absolute atomic E-state index is 0.0910. The lowest BCUT2D eigenvalue weighted by atomic mass is 9.98. The molecule has 0 saturated carbocycles. The molecule has 1 aromatic heterocycles. The monoisotopic (exact) mass is 439 g/mol. The van der Waals surface area contributed by atoms with E-state index >= 15 is 0 Å². The summed E-state index contributed by atoms with van der Waals surface area (Å²) in [7, 11) is 1.65. The van der Waals surface area contributed by atoms with Crippen molar-refractivity contribution in [1.29, 1.82) is 0 Å². The minimum atomic E-state index is 0.0910. The smallest absolute Gasteiger partial charge is 0.233 e. The molecule has 0 atom stereocenters. The lowest BCUT2D eigenvalue weighted by Gasteiger charge is -2.37. The number of carbonyl (C=O) groups is 1. The van der Waals surface area contributed by atoms with Crippen LogP contribution in [0.2, 0.25) is 0 Å². The topological polar surface area (TPSA) is 68.5 Å². The van der Waals surface area contributed by atoms with Crippen LogP contribution in [0.4, 0.5) is 0 Å². The Balaban J connectivity index is 1.14. The largest absolute Gasteiger partial charge is 0.496 e. The van der Waals surface area contributed by atoms with E-state index in [1.54, 1.807) is 7.11 Å². The van der Waals surface area contributed by atoms with E-state index in [0.717, 1.165) is 22.4 Å². The van der Waals surface area contributed by atoms with Crippen molar-refractivity contribution < 1.29 is 14.1 Å². The van der Waals surface area contributed by atoms with Crippen LogP contribution >= 0.6 is 0 Å². The van der Waals surface area contributed by atoms with Crippen LogP contribution in [0.3, 0.4) is 0 Å². The maximum Gasteiger partial charge on any atom is 0.233 e. The molecule has 1 saturated heterocycles. The number of benzene rings is 3. The van der Waals surface area contributed by atoms with Gasteiger partial charge in [0.25, 0.3) is 0 Å². The predicted molar refractivity (Wildman–Crippen MR) is 125 cm³/mol. The fraction of sp³-hybridized carbons (Fsp3) is 0.222. The van der Waals surface area contributed by atoms with Gasteiger partial charge in [0.1, 0.15) is 5.75 Å². The summed E-state index contributed by atoms with van der Waals surface area (Å²) in [6.45, 7) is 1.22. The summed E-state index contributed by atoms with van der Waals surface area (Å²) in [5.74, 6) is 2.23. The Labute approximate surface area is 192 Å². The Morgan fingerprint density at radius 2 is 1.67 bits per heavy atom. The highest BCUT2D eigenvalue weighted by atomic mass is 16.5. The minimum Gasteiger partial charge on any atom is -0.496 e. The van der Waals surface area contributed by atoms with Crippen LogP contribution < -0.4 is 4.74 Å². The Morgan fingerprint density at radius 1 is 0.970 bits per heavy atom. The van der Waals surface area contributed by atoms with Crippen molar-refractivity contribution in [2.75, 3.05) is 20.2 Å². The molecule has 1 fully saturated rings.